The second-order valence-electron chi connectivity index (χ2n) is 8.13. The van der Waals surface area contributed by atoms with Gasteiger partial charge in [0.05, 0.1) is 18.7 Å². The molecule has 1 unspecified atom stereocenters. The monoisotopic (exact) mass is 453 g/mol. The van der Waals surface area contributed by atoms with Gasteiger partial charge in [0.25, 0.3) is 5.88 Å². The first-order valence-corrected chi connectivity index (χ1v) is 11.0. The van der Waals surface area contributed by atoms with E-state index in [0.29, 0.717) is 23.4 Å². The molecule has 3 atom stereocenters. The second-order valence-corrected chi connectivity index (χ2v) is 8.91. The Morgan fingerprint density at radius 3 is 2.71 bits per heavy atom. The maximum absolute atomic E-state index is 12.4. The Morgan fingerprint density at radius 1 is 1.26 bits per heavy atom. The van der Waals surface area contributed by atoms with Crippen molar-refractivity contribution in [3.63, 3.8) is 0 Å². The van der Waals surface area contributed by atoms with E-state index in [9.17, 15) is 13.2 Å². The number of fused-ring (bicyclic) bond motifs is 3. The van der Waals surface area contributed by atoms with E-state index in [1.54, 1.807) is 17.7 Å². The van der Waals surface area contributed by atoms with E-state index < -0.39 is 19.2 Å². The molecule has 8 nitrogen and oxygen atoms in total. The summed E-state index contributed by atoms with van der Waals surface area (Å²) in [5, 5.41) is 9.12. The van der Waals surface area contributed by atoms with Gasteiger partial charge in [-0.3, -0.25) is 0 Å². The summed E-state index contributed by atoms with van der Waals surface area (Å²) in [6.07, 6.45) is -0.0105. The number of piperidine rings is 1. The molecule has 1 saturated heterocycles. The predicted octanol–water partition coefficient (Wildman–Crippen LogP) is 3.55. The molecule has 2 aliphatic rings. The lowest BCUT2D eigenvalue weighted by molar-refractivity contribution is -0.139. The third kappa shape index (κ3) is 4.25. The molecule has 0 radical (unpaired) electrons. The van der Waals surface area contributed by atoms with Gasteiger partial charge in [-0.05, 0) is 49.2 Å². The Balaban J connectivity index is 1.28. The minimum atomic E-state index is -4.28. The highest BCUT2D eigenvalue weighted by atomic mass is 32.1. The Hall–Kier alpha value is -2.63. The quantitative estimate of drug-likeness (QED) is 0.611. The van der Waals surface area contributed by atoms with Crippen LogP contribution < -0.4 is 15.0 Å². The Kier molecular flexibility index (Phi) is 5.11. The van der Waals surface area contributed by atoms with Crippen molar-refractivity contribution in [1.29, 1.82) is 0 Å². The maximum Gasteiger partial charge on any atom is 0.392 e. The zero-order valence-corrected chi connectivity index (χ0v) is 17.7. The summed E-state index contributed by atoms with van der Waals surface area (Å²) in [7, 11) is 0. The van der Waals surface area contributed by atoms with Crippen molar-refractivity contribution in [2.45, 2.75) is 38.4 Å². The van der Waals surface area contributed by atoms with Crippen LogP contribution in [0, 0.1) is 18.8 Å². The summed E-state index contributed by atoms with van der Waals surface area (Å²) >= 11 is 1.54. The number of hydrogen-bond donors (Lipinski definition) is 1. The predicted molar refractivity (Wildman–Crippen MR) is 110 cm³/mol. The molecule has 2 bridgehead atoms. The molecule has 4 heterocycles. The third-order valence-electron chi connectivity index (χ3n) is 5.90. The van der Waals surface area contributed by atoms with Crippen LogP contribution in [-0.2, 0) is 0 Å². The minimum absolute atomic E-state index is 0.0469. The van der Waals surface area contributed by atoms with Crippen LogP contribution >= 0.6 is 11.5 Å². The zero-order valence-electron chi connectivity index (χ0n) is 16.8. The van der Waals surface area contributed by atoms with Crippen LogP contribution in [0.3, 0.4) is 0 Å². The number of halogens is 3. The van der Waals surface area contributed by atoms with Gasteiger partial charge >= 0.3 is 6.18 Å². The summed E-state index contributed by atoms with van der Waals surface area (Å²) in [6.45, 7) is 3.41. The highest BCUT2D eigenvalue weighted by Gasteiger charge is 2.43. The average molecular weight is 453 g/mol. The molecule has 3 aromatic rings. The van der Waals surface area contributed by atoms with E-state index in [1.807, 2.05) is 6.92 Å². The molecular formula is C19H22F3N7OS. The molecule has 1 saturated carbocycles. The first-order valence-electron chi connectivity index (χ1n) is 10.2. The van der Waals surface area contributed by atoms with E-state index in [2.05, 4.69) is 35.7 Å². The van der Waals surface area contributed by atoms with Gasteiger partial charge in [0, 0.05) is 31.5 Å². The Labute approximate surface area is 180 Å². The minimum Gasteiger partial charge on any atom is -0.475 e. The van der Waals surface area contributed by atoms with Crippen LogP contribution in [0.15, 0.2) is 18.5 Å². The number of nitrogens with zero attached hydrogens (tertiary/aromatic N) is 6. The van der Waals surface area contributed by atoms with Gasteiger partial charge in [-0.25, -0.2) is 9.50 Å². The number of anilines is 2. The molecule has 0 amide bonds. The summed E-state index contributed by atoms with van der Waals surface area (Å²) in [5.41, 5.74) is 1.35. The SMILES string of the molecule is Cc1cc(N2C[C@H]3CC[C@@H](C2)C3Nc2nc3c(OCCC(F)(F)F)nccn3n2)sn1. The zero-order chi connectivity index (χ0) is 21.6. The van der Waals surface area contributed by atoms with Gasteiger partial charge in [0.1, 0.15) is 5.00 Å². The van der Waals surface area contributed by atoms with Crippen LogP contribution in [-0.4, -0.2) is 55.9 Å². The fourth-order valence-corrected chi connectivity index (χ4v) is 5.29. The molecule has 5 rings (SSSR count). The van der Waals surface area contributed by atoms with Crippen LogP contribution in [0.4, 0.5) is 24.1 Å². The van der Waals surface area contributed by atoms with Crippen LogP contribution in [0.2, 0.25) is 0 Å². The molecule has 2 fully saturated rings. The maximum atomic E-state index is 12.4. The highest BCUT2D eigenvalue weighted by Crippen LogP contribution is 2.41. The summed E-state index contributed by atoms with van der Waals surface area (Å²) in [6, 6.07) is 2.39. The summed E-state index contributed by atoms with van der Waals surface area (Å²) < 4.78 is 48.3. The van der Waals surface area contributed by atoms with Crippen molar-refractivity contribution < 1.29 is 17.9 Å². The number of nitrogens with one attached hydrogen (secondary N) is 1. The van der Waals surface area contributed by atoms with Gasteiger partial charge in [-0.15, -0.1) is 5.10 Å². The van der Waals surface area contributed by atoms with Gasteiger partial charge in [-0.2, -0.15) is 22.5 Å². The fourth-order valence-electron chi connectivity index (χ4n) is 4.51. The summed E-state index contributed by atoms with van der Waals surface area (Å²) in [5.74, 6) is 1.42. The molecule has 1 aliphatic heterocycles. The van der Waals surface area contributed by atoms with Crippen molar-refractivity contribution in [2.24, 2.45) is 11.8 Å². The third-order valence-corrected chi connectivity index (χ3v) is 6.85. The lowest BCUT2D eigenvalue weighted by Crippen LogP contribution is -2.48. The first-order chi connectivity index (χ1) is 14.9. The smallest absolute Gasteiger partial charge is 0.392 e. The number of ether oxygens (including phenoxy) is 1. The van der Waals surface area contributed by atoms with E-state index >= 15 is 0 Å². The average Bonchev–Trinajstić information content (AvgIpc) is 3.37. The molecule has 1 aliphatic carbocycles. The van der Waals surface area contributed by atoms with Crippen LogP contribution in [0.25, 0.3) is 5.65 Å². The largest absolute Gasteiger partial charge is 0.475 e. The van der Waals surface area contributed by atoms with Crippen molar-refractivity contribution in [1.82, 2.24) is 24.0 Å². The topological polar surface area (TPSA) is 80.5 Å². The highest BCUT2D eigenvalue weighted by molar-refractivity contribution is 7.10. The molecule has 12 heteroatoms. The second kappa shape index (κ2) is 7.81. The van der Waals surface area contributed by atoms with E-state index in [0.717, 1.165) is 31.6 Å². The van der Waals surface area contributed by atoms with Gasteiger partial charge in [-0.1, -0.05) is 0 Å². The number of hydrogen-bond acceptors (Lipinski definition) is 8. The fraction of sp³-hybridized carbons (Fsp3) is 0.579. The number of alkyl halides is 3. The molecule has 0 aromatic carbocycles. The first kappa shape index (κ1) is 20.3. The molecule has 0 spiro atoms. The van der Waals surface area contributed by atoms with Crippen molar-refractivity contribution >= 4 is 28.1 Å². The van der Waals surface area contributed by atoms with Gasteiger partial charge in [0.15, 0.2) is 0 Å². The lowest BCUT2D eigenvalue weighted by Gasteiger charge is -2.38. The number of aryl methyl sites for hydroxylation is 1. The van der Waals surface area contributed by atoms with E-state index in [1.165, 1.54) is 15.7 Å². The van der Waals surface area contributed by atoms with Gasteiger partial charge in [0.2, 0.25) is 11.6 Å². The molecule has 31 heavy (non-hydrogen) atoms. The molecule has 1 N–H and O–H groups in total. The van der Waals surface area contributed by atoms with Crippen LogP contribution in [0.1, 0.15) is 25.0 Å². The lowest BCUT2D eigenvalue weighted by atomic mass is 9.92. The van der Waals surface area contributed by atoms with E-state index in [-0.39, 0.29) is 11.9 Å². The normalized spacial score (nSPS) is 23.5. The van der Waals surface area contributed by atoms with Crippen molar-refractivity contribution in [2.75, 3.05) is 29.9 Å². The van der Waals surface area contributed by atoms with Crippen LogP contribution in [0.5, 0.6) is 5.88 Å². The number of aromatic nitrogens is 5. The number of rotatable bonds is 6. The van der Waals surface area contributed by atoms with Crippen molar-refractivity contribution in [3.8, 4) is 5.88 Å². The molecule has 3 aromatic heterocycles. The molecule has 166 valence electrons. The Bertz CT molecular complexity index is 1050. The van der Waals surface area contributed by atoms with E-state index in [4.69, 9.17) is 4.74 Å². The van der Waals surface area contributed by atoms with Crippen molar-refractivity contribution in [3.05, 3.63) is 24.2 Å². The van der Waals surface area contributed by atoms with Gasteiger partial charge < -0.3 is 15.0 Å². The summed E-state index contributed by atoms with van der Waals surface area (Å²) in [4.78, 5) is 10.9. The Morgan fingerprint density at radius 2 is 2.03 bits per heavy atom. The molecular weight excluding hydrogens is 431 g/mol. The standard InChI is InChI=1S/C19H22F3N7OS/c1-11-8-14(31-27-11)28-9-12-2-3-13(10-28)15(12)24-18-25-16-17(23-5-6-29(16)26-18)30-7-4-19(20,21)22/h5-6,8,12-13,15H,2-4,7,9-10H2,1H3,(H,24,26)/t12-,13+,15?.